The third-order valence-electron chi connectivity index (χ3n) is 9.17. The normalized spacial score (nSPS) is 53.0. The smallest absolute Gasteiger partial charge is 0.142 e. The second kappa shape index (κ2) is 6.18. The molecule has 0 radical (unpaired) electrons. The predicted molar refractivity (Wildman–Crippen MR) is 99.2 cm³/mol. The maximum absolute atomic E-state index is 13.6. The molecule has 8 atom stereocenters. The van der Waals surface area contributed by atoms with Gasteiger partial charge in [0.2, 0.25) is 0 Å². The second-order valence-electron chi connectivity index (χ2n) is 9.95. The van der Waals surface area contributed by atoms with E-state index >= 15 is 0 Å². The molecule has 0 saturated heterocycles. The topological polar surface area (TPSA) is 43.4 Å². The van der Waals surface area contributed by atoms with Crippen LogP contribution in [0.4, 0.5) is 0 Å². The number of Topliss-reactive ketones (excluding diaryl/α,β-unsaturated/α-hetero) is 1. The molecular weight excluding hydrogens is 312 g/mol. The Labute approximate surface area is 153 Å². The highest BCUT2D eigenvalue weighted by atomic mass is 16.5. The van der Waals surface area contributed by atoms with Crippen LogP contribution in [0.15, 0.2) is 0 Å². The van der Waals surface area contributed by atoms with Gasteiger partial charge in [-0.3, -0.25) is 4.79 Å². The van der Waals surface area contributed by atoms with E-state index in [1.165, 1.54) is 6.42 Å². The Bertz CT molecular complexity index is 557. The molecule has 142 valence electrons. The highest BCUT2D eigenvalue weighted by Crippen LogP contribution is 2.69. The largest absolute Gasteiger partial charge is 0.381 e. The van der Waals surface area contributed by atoms with Crippen molar-refractivity contribution in [3.63, 3.8) is 0 Å². The van der Waals surface area contributed by atoms with Crippen molar-refractivity contribution in [2.45, 2.75) is 79.2 Å². The monoisotopic (exact) mass is 348 g/mol. The van der Waals surface area contributed by atoms with Crippen LogP contribution in [0.1, 0.15) is 73.1 Å². The third kappa shape index (κ3) is 2.40. The average Bonchev–Trinajstić information content (AvgIpc) is 2.97. The molecule has 0 N–H and O–H groups in total. The van der Waals surface area contributed by atoms with E-state index in [9.17, 15) is 9.59 Å². The summed E-state index contributed by atoms with van der Waals surface area (Å²) < 4.78 is 5.99. The summed E-state index contributed by atoms with van der Waals surface area (Å²) in [6, 6.07) is 0. The molecule has 0 aromatic carbocycles. The highest BCUT2D eigenvalue weighted by Gasteiger charge is 2.66. The standard InChI is InChI=1S/C22H36O3/c1-14-7-9-22-10-8-17(25-6)18(22)21(14,5)15(2)13-20(4,11-12-23)19(24)16(22)3/h12,14-18H,7-11,13H2,1-6H3/t14-,15-,16+,17-,18?,20-,21+,22?/m1/s1. The van der Waals surface area contributed by atoms with E-state index in [4.69, 9.17) is 4.74 Å². The van der Waals surface area contributed by atoms with Gasteiger partial charge in [0.25, 0.3) is 0 Å². The van der Waals surface area contributed by atoms with Crippen molar-refractivity contribution in [2.24, 2.45) is 39.9 Å². The van der Waals surface area contributed by atoms with E-state index in [1.54, 1.807) is 0 Å². The predicted octanol–water partition coefficient (Wildman–Crippen LogP) is 4.67. The summed E-state index contributed by atoms with van der Waals surface area (Å²) in [6.45, 7) is 11.4. The zero-order valence-corrected chi connectivity index (χ0v) is 16.9. The number of hydrogen-bond donors (Lipinski definition) is 0. The Morgan fingerprint density at radius 3 is 2.36 bits per heavy atom. The maximum Gasteiger partial charge on any atom is 0.142 e. The van der Waals surface area contributed by atoms with Crippen LogP contribution in [0.25, 0.3) is 0 Å². The number of methoxy groups -OCH3 is 1. The van der Waals surface area contributed by atoms with Crippen molar-refractivity contribution in [3.8, 4) is 0 Å². The molecule has 0 aromatic heterocycles. The molecule has 0 spiro atoms. The van der Waals surface area contributed by atoms with E-state index < -0.39 is 5.41 Å². The molecule has 0 heterocycles. The van der Waals surface area contributed by atoms with Crippen LogP contribution < -0.4 is 0 Å². The molecule has 3 saturated carbocycles. The molecule has 3 fully saturated rings. The van der Waals surface area contributed by atoms with Crippen LogP contribution in [0, 0.1) is 39.9 Å². The molecule has 2 unspecified atom stereocenters. The third-order valence-corrected chi connectivity index (χ3v) is 9.17. The summed E-state index contributed by atoms with van der Waals surface area (Å²) in [7, 11) is 1.85. The van der Waals surface area contributed by atoms with Crippen LogP contribution >= 0.6 is 0 Å². The fraction of sp³-hybridized carbons (Fsp3) is 0.909. The number of ether oxygens (including phenoxy) is 1. The zero-order chi connectivity index (χ0) is 18.6. The van der Waals surface area contributed by atoms with Crippen LogP contribution in [0.2, 0.25) is 0 Å². The van der Waals surface area contributed by atoms with Gasteiger partial charge in [0, 0.05) is 24.9 Å². The molecule has 3 nitrogen and oxygen atoms in total. The summed E-state index contributed by atoms with van der Waals surface area (Å²) in [6.07, 6.45) is 6.90. The zero-order valence-electron chi connectivity index (χ0n) is 16.9. The maximum atomic E-state index is 13.6. The van der Waals surface area contributed by atoms with Crippen LogP contribution in [-0.4, -0.2) is 25.3 Å². The number of carbonyl (C=O) groups excluding carboxylic acids is 2. The van der Waals surface area contributed by atoms with E-state index in [2.05, 4.69) is 27.7 Å². The molecule has 0 aromatic rings. The van der Waals surface area contributed by atoms with Gasteiger partial charge in [-0.05, 0) is 60.7 Å². The number of aldehydes is 1. The minimum absolute atomic E-state index is 0.0157. The van der Waals surface area contributed by atoms with E-state index in [-0.39, 0.29) is 22.9 Å². The Balaban J connectivity index is 2.18. The molecule has 3 aliphatic rings. The van der Waals surface area contributed by atoms with Crippen LogP contribution in [0.5, 0.6) is 0 Å². The Morgan fingerprint density at radius 2 is 1.76 bits per heavy atom. The summed E-state index contributed by atoms with van der Waals surface area (Å²) in [5.41, 5.74) is -0.297. The van der Waals surface area contributed by atoms with Crippen molar-refractivity contribution in [1.82, 2.24) is 0 Å². The highest BCUT2D eigenvalue weighted by molar-refractivity contribution is 5.89. The van der Waals surface area contributed by atoms with Crippen molar-refractivity contribution in [3.05, 3.63) is 0 Å². The number of carbonyl (C=O) groups is 2. The quantitative estimate of drug-likeness (QED) is 0.696. The minimum atomic E-state index is -0.512. The Hall–Kier alpha value is -0.700. The lowest BCUT2D eigenvalue weighted by Gasteiger charge is -2.62. The second-order valence-corrected chi connectivity index (χ2v) is 9.95. The van der Waals surface area contributed by atoms with Gasteiger partial charge in [-0.15, -0.1) is 0 Å². The summed E-state index contributed by atoms with van der Waals surface area (Å²) >= 11 is 0. The van der Waals surface area contributed by atoms with Gasteiger partial charge >= 0.3 is 0 Å². The van der Waals surface area contributed by atoms with E-state index in [1.807, 2.05) is 14.0 Å². The van der Waals surface area contributed by atoms with Gasteiger partial charge in [0.1, 0.15) is 12.1 Å². The van der Waals surface area contributed by atoms with Gasteiger partial charge in [0.15, 0.2) is 0 Å². The van der Waals surface area contributed by atoms with Crippen LogP contribution in [-0.2, 0) is 14.3 Å². The Kier molecular flexibility index (Phi) is 4.71. The summed E-state index contributed by atoms with van der Waals surface area (Å²) in [4.78, 5) is 25.0. The molecule has 0 amide bonds. The Morgan fingerprint density at radius 1 is 1.12 bits per heavy atom. The molecule has 3 aliphatic carbocycles. The number of ketones is 1. The fourth-order valence-corrected chi connectivity index (χ4v) is 7.40. The first-order valence-corrected chi connectivity index (χ1v) is 10.2. The van der Waals surface area contributed by atoms with Gasteiger partial charge in [-0.2, -0.15) is 0 Å². The lowest BCUT2D eigenvalue weighted by molar-refractivity contribution is -0.175. The molecular formula is C22H36O3. The molecule has 0 aliphatic heterocycles. The molecule has 25 heavy (non-hydrogen) atoms. The molecule has 2 bridgehead atoms. The molecule has 3 heteroatoms. The van der Waals surface area contributed by atoms with Gasteiger partial charge in [-0.1, -0.05) is 34.6 Å². The van der Waals surface area contributed by atoms with Crippen LogP contribution in [0.3, 0.4) is 0 Å². The van der Waals surface area contributed by atoms with E-state index in [0.717, 1.165) is 32.0 Å². The van der Waals surface area contributed by atoms with Crippen molar-refractivity contribution >= 4 is 12.1 Å². The van der Waals surface area contributed by atoms with Crippen molar-refractivity contribution in [2.75, 3.05) is 7.11 Å². The number of hydrogen-bond acceptors (Lipinski definition) is 3. The van der Waals surface area contributed by atoms with Crippen molar-refractivity contribution < 1.29 is 14.3 Å². The average molecular weight is 349 g/mol. The summed E-state index contributed by atoms with van der Waals surface area (Å²) in [5.74, 6) is 1.82. The first-order valence-electron chi connectivity index (χ1n) is 10.2. The van der Waals surface area contributed by atoms with Gasteiger partial charge < -0.3 is 9.53 Å². The van der Waals surface area contributed by atoms with Crippen molar-refractivity contribution in [1.29, 1.82) is 0 Å². The number of rotatable bonds is 3. The SMILES string of the molecule is CO[C@@H]1CCC23CC[C@@H](C)[C@](C)(C12)[C@H](C)C[C@@](C)(CC=O)C(=O)[C@@H]3C. The minimum Gasteiger partial charge on any atom is -0.381 e. The lowest BCUT2D eigenvalue weighted by Crippen LogP contribution is -2.60. The van der Waals surface area contributed by atoms with Gasteiger partial charge in [-0.25, -0.2) is 0 Å². The van der Waals surface area contributed by atoms with E-state index in [0.29, 0.717) is 30.0 Å². The first kappa shape index (κ1) is 19.1. The fourth-order valence-electron chi connectivity index (χ4n) is 7.40. The summed E-state index contributed by atoms with van der Waals surface area (Å²) in [5, 5.41) is 0. The van der Waals surface area contributed by atoms with Gasteiger partial charge in [0.05, 0.1) is 6.10 Å². The molecule has 3 rings (SSSR count). The lowest BCUT2D eigenvalue weighted by atomic mass is 9.42. The first-order chi connectivity index (χ1) is 11.7.